The summed E-state index contributed by atoms with van der Waals surface area (Å²) in [4.78, 5) is 47.1. The van der Waals surface area contributed by atoms with Gasteiger partial charge in [0.05, 0.1) is 36.1 Å². The molecule has 0 radical (unpaired) electrons. The van der Waals surface area contributed by atoms with Gasteiger partial charge in [0.1, 0.15) is 5.75 Å². The van der Waals surface area contributed by atoms with E-state index < -0.39 is 17.4 Å². The van der Waals surface area contributed by atoms with Gasteiger partial charge in [-0.25, -0.2) is 0 Å². The number of anilines is 3. The highest BCUT2D eigenvalue weighted by atomic mass is 16.5. The Kier molecular flexibility index (Phi) is 8.90. The van der Waals surface area contributed by atoms with Crippen LogP contribution in [0, 0.1) is 5.92 Å². The minimum Gasteiger partial charge on any atom is -0.454 e. The first-order chi connectivity index (χ1) is 25.8. The molecule has 3 atom stereocenters. The molecule has 266 valence electrons. The van der Waals surface area contributed by atoms with Crippen molar-refractivity contribution in [2.45, 2.75) is 44.5 Å². The molecule has 3 heterocycles. The van der Waals surface area contributed by atoms with Gasteiger partial charge in [0.2, 0.25) is 5.91 Å². The summed E-state index contributed by atoms with van der Waals surface area (Å²) in [5, 5.41) is 22.7. The van der Waals surface area contributed by atoms with E-state index in [1.54, 1.807) is 82.3 Å². The highest BCUT2D eigenvalue weighted by Gasteiger charge is 2.53. The van der Waals surface area contributed by atoms with Gasteiger partial charge in [0, 0.05) is 30.1 Å². The number of carbonyl (C=O) groups excluding carboxylic acids is 3. The second kappa shape index (κ2) is 13.8. The van der Waals surface area contributed by atoms with Gasteiger partial charge in [-0.15, -0.1) is 0 Å². The van der Waals surface area contributed by atoms with Crippen LogP contribution in [0.5, 0.6) is 11.5 Å². The van der Waals surface area contributed by atoms with Crippen molar-refractivity contribution in [3.05, 3.63) is 161 Å². The van der Waals surface area contributed by atoms with Crippen molar-refractivity contribution >= 4 is 34.8 Å². The average molecular weight is 706 g/mol. The molecule has 3 aliphatic heterocycles. The van der Waals surface area contributed by atoms with Crippen LogP contribution < -0.4 is 14.5 Å². The molecule has 9 nitrogen and oxygen atoms in total. The van der Waals surface area contributed by atoms with Gasteiger partial charge in [-0.3, -0.25) is 19.3 Å². The Labute approximate surface area is 308 Å². The first-order valence-electron chi connectivity index (χ1n) is 17.8. The van der Waals surface area contributed by atoms with Gasteiger partial charge in [-0.1, -0.05) is 97.9 Å². The maximum atomic E-state index is 14.5. The molecule has 0 bridgehead atoms. The summed E-state index contributed by atoms with van der Waals surface area (Å²) in [6.07, 6.45) is 4.01. The smallest absolute Gasteiger partial charge is 0.266 e. The molecular formula is C44H39N3O6. The minimum absolute atomic E-state index is 0.0341. The molecular weight excluding hydrogens is 666 g/mol. The lowest BCUT2D eigenvalue weighted by molar-refractivity contribution is -0.139. The number of para-hydroxylation sites is 3. The zero-order chi connectivity index (χ0) is 36.7. The Morgan fingerprint density at radius 1 is 0.868 bits per heavy atom. The predicted molar refractivity (Wildman–Crippen MR) is 202 cm³/mol. The summed E-state index contributed by atoms with van der Waals surface area (Å²) in [6.45, 7) is 2.25. The number of fused-ring (bicyclic) bond motifs is 4. The summed E-state index contributed by atoms with van der Waals surface area (Å²) in [7, 11) is 0. The van der Waals surface area contributed by atoms with E-state index in [0.29, 0.717) is 52.7 Å². The third-order valence-electron chi connectivity index (χ3n) is 10.6. The highest BCUT2D eigenvalue weighted by molar-refractivity contribution is 6.15. The lowest BCUT2D eigenvalue weighted by Gasteiger charge is -2.36. The summed E-state index contributed by atoms with van der Waals surface area (Å²) in [5.74, 6) is -0.800. The molecule has 5 aromatic rings. The Bertz CT molecular complexity index is 2250. The van der Waals surface area contributed by atoms with Crippen LogP contribution in [0.15, 0.2) is 133 Å². The minimum atomic E-state index is -2.01. The molecule has 2 N–H and O–H groups in total. The van der Waals surface area contributed by atoms with Gasteiger partial charge in [-0.2, -0.15) is 0 Å². The van der Waals surface area contributed by atoms with Crippen molar-refractivity contribution < 1.29 is 29.3 Å². The molecule has 9 heteroatoms. The molecule has 0 unspecified atom stereocenters. The third-order valence-corrected chi connectivity index (χ3v) is 10.6. The fraction of sp³-hybridized carbons (Fsp3) is 0.205. The number of amides is 3. The van der Waals surface area contributed by atoms with E-state index in [0.717, 1.165) is 16.7 Å². The number of hydrogen-bond acceptors (Lipinski definition) is 6. The van der Waals surface area contributed by atoms with Crippen molar-refractivity contribution in [3.63, 3.8) is 0 Å². The molecule has 3 amide bonds. The molecule has 0 aliphatic carbocycles. The standard InChI is InChI=1S/C44H39N3O6/c1-29(12-11-21-41(49)45-27-32-16-6-5-15-31(32)24-34(45)28-48)44(52)36-25-33(22-23-37(36)46(43(44)51)26-30-13-3-2-4-14-30)47-38-18-8-10-20-40(38)53-39-19-9-7-17-35(39)42(47)50/h2-20,22-23,25,29,34,48,52H,21,24,26-28H2,1H3/b12-11+/t29-,34+,44+/m1/s1. The predicted octanol–water partition coefficient (Wildman–Crippen LogP) is 7.03. The molecule has 53 heavy (non-hydrogen) atoms. The Morgan fingerprint density at radius 3 is 2.36 bits per heavy atom. The monoisotopic (exact) mass is 705 g/mol. The molecule has 0 saturated carbocycles. The zero-order valence-electron chi connectivity index (χ0n) is 29.3. The van der Waals surface area contributed by atoms with Crippen molar-refractivity contribution in [1.82, 2.24) is 4.90 Å². The molecule has 5 aromatic carbocycles. The zero-order valence-corrected chi connectivity index (χ0v) is 29.3. The van der Waals surface area contributed by atoms with Crippen LogP contribution in [0.25, 0.3) is 0 Å². The number of hydrogen-bond donors (Lipinski definition) is 2. The van der Waals surface area contributed by atoms with Crippen molar-refractivity contribution in [3.8, 4) is 11.5 Å². The summed E-state index contributed by atoms with van der Waals surface area (Å²) in [5.41, 5.74) is 3.31. The Hall–Kier alpha value is -6.03. The first-order valence-corrected chi connectivity index (χ1v) is 17.8. The van der Waals surface area contributed by atoms with Crippen LogP contribution in [-0.4, -0.2) is 45.5 Å². The summed E-state index contributed by atoms with van der Waals surface area (Å²) in [6, 6.07) is 36.8. The second-order valence-corrected chi connectivity index (χ2v) is 13.8. The molecule has 0 fully saturated rings. The number of ether oxygens (including phenoxy) is 1. The number of aliphatic hydroxyl groups excluding tert-OH is 1. The number of rotatable bonds is 8. The van der Waals surface area contributed by atoms with Gasteiger partial charge >= 0.3 is 0 Å². The number of nitrogens with zero attached hydrogens (tertiary/aromatic N) is 3. The van der Waals surface area contributed by atoms with Crippen molar-refractivity contribution in [2.75, 3.05) is 16.4 Å². The molecule has 0 spiro atoms. The van der Waals surface area contributed by atoms with E-state index in [1.165, 1.54) is 0 Å². The normalized spacial score (nSPS) is 19.6. The molecule has 3 aliphatic rings. The fourth-order valence-electron chi connectivity index (χ4n) is 7.73. The third kappa shape index (κ3) is 5.97. The van der Waals surface area contributed by atoms with Crippen LogP contribution in [0.2, 0.25) is 0 Å². The molecule has 0 aromatic heterocycles. The molecule has 8 rings (SSSR count). The first kappa shape index (κ1) is 34.1. The molecule has 0 saturated heterocycles. The van der Waals surface area contributed by atoms with E-state index in [9.17, 15) is 24.6 Å². The topological polar surface area (TPSA) is 111 Å². The van der Waals surface area contributed by atoms with E-state index in [2.05, 4.69) is 0 Å². The van der Waals surface area contributed by atoms with Crippen LogP contribution >= 0.6 is 0 Å². The van der Waals surface area contributed by atoms with Crippen molar-refractivity contribution in [2.24, 2.45) is 5.92 Å². The van der Waals surface area contributed by atoms with E-state index in [4.69, 9.17) is 4.74 Å². The quantitative estimate of drug-likeness (QED) is 0.168. The van der Waals surface area contributed by atoms with E-state index in [1.807, 2.05) is 72.8 Å². The largest absolute Gasteiger partial charge is 0.454 e. The maximum Gasteiger partial charge on any atom is 0.266 e. The van der Waals surface area contributed by atoms with Gasteiger partial charge in [0.25, 0.3) is 11.8 Å². The van der Waals surface area contributed by atoms with Gasteiger partial charge in [-0.05, 0) is 65.6 Å². The van der Waals surface area contributed by atoms with Crippen LogP contribution in [0.4, 0.5) is 17.1 Å². The van der Waals surface area contributed by atoms with Gasteiger partial charge < -0.3 is 24.7 Å². The van der Waals surface area contributed by atoms with Crippen LogP contribution in [0.1, 0.15) is 46.0 Å². The van der Waals surface area contributed by atoms with Crippen LogP contribution in [-0.2, 0) is 34.7 Å². The lowest BCUT2D eigenvalue weighted by atomic mass is 9.82. The van der Waals surface area contributed by atoms with Crippen LogP contribution in [0.3, 0.4) is 0 Å². The Balaban J connectivity index is 1.14. The Morgan fingerprint density at radius 2 is 1.57 bits per heavy atom. The highest BCUT2D eigenvalue weighted by Crippen LogP contribution is 2.49. The summed E-state index contributed by atoms with van der Waals surface area (Å²) < 4.78 is 6.21. The average Bonchev–Trinajstić information content (AvgIpc) is 3.31. The SMILES string of the molecule is C[C@H](/C=C/CC(=O)N1Cc2ccccc2C[C@H]1CO)[C@@]1(O)C(=O)N(Cc2ccccc2)c2ccc(N3C(=O)c4ccccc4Oc4ccccc43)cc21. The lowest BCUT2D eigenvalue weighted by Crippen LogP contribution is -2.46. The second-order valence-electron chi connectivity index (χ2n) is 13.8. The van der Waals surface area contributed by atoms with E-state index in [-0.39, 0.29) is 37.4 Å². The maximum absolute atomic E-state index is 14.5. The van der Waals surface area contributed by atoms with E-state index >= 15 is 0 Å². The summed E-state index contributed by atoms with van der Waals surface area (Å²) >= 11 is 0. The van der Waals surface area contributed by atoms with Crippen molar-refractivity contribution in [1.29, 1.82) is 0 Å². The number of carbonyl (C=O) groups is 3. The number of benzene rings is 5. The van der Waals surface area contributed by atoms with Gasteiger partial charge in [0.15, 0.2) is 11.4 Å². The number of aliphatic hydroxyl groups is 2. The fourth-order valence-corrected chi connectivity index (χ4v) is 7.73.